The molecule has 2 saturated heterocycles. The van der Waals surface area contributed by atoms with Gasteiger partial charge in [-0.2, -0.15) is 5.10 Å². The standard InChI is InChI=1S/C29H37N5O6S/c35-29(40-21-23-7-2-1-3-8-23)30-15-18-41(36,37)33-16-6-9-24(20-33)22-39-25-11-12-26(31-19-25)27-13-14-32-34(27)28-10-4-5-17-38-28/h1-3,7-8,11-14,19,24,28H,4-6,9-10,15-18,20-22H2,(H,30,35)/t24-,28?/m1/s1. The Hall–Kier alpha value is -3.48. The Bertz CT molecular complexity index is 1360. The van der Waals surface area contributed by atoms with Crippen LogP contribution in [-0.4, -0.2) is 72.2 Å². The average molecular weight is 584 g/mol. The Labute approximate surface area is 240 Å². The maximum Gasteiger partial charge on any atom is 0.407 e. The average Bonchev–Trinajstić information content (AvgIpc) is 3.51. The molecule has 2 aromatic heterocycles. The number of sulfonamides is 1. The van der Waals surface area contributed by atoms with E-state index in [1.165, 1.54) is 4.31 Å². The van der Waals surface area contributed by atoms with E-state index in [2.05, 4.69) is 15.4 Å². The Balaban J connectivity index is 1.06. The minimum absolute atomic E-state index is 0.0165. The van der Waals surface area contributed by atoms with Crippen molar-refractivity contribution < 1.29 is 27.4 Å². The molecule has 12 heteroatoms. The van der Waals surface area contributed by atoms with Crippen LogP contribution in [0.5, 0.6) is 5.75 Å². The van der Waals surface area contributed by atoms with Crippen molar-refractivity contribution in [2.24, 2.45) is 5.92 Å². The molecular formula is C29H37N5O6S. The Morgan fingerprint density at radius 2 is 1.95 bits per heavy atom. The predicted molar refractivity (Wildman–Crippen MR) is 153 cm³/mol. The summed E-state index contributed by atoms with van der Waals surface area (Å²) in [6.45, 7) is 2.09. The monoisotopic (exact) mass is 583 g/mol. The molecule has 1 amide bonds. The summed E-state index contributed by atoms with van der Waals surface area (Å²) in [5.74, 6) is 0.508. The van der Waals surface area contributed by atoms with E-state index >= 15 is 0 Å². The molecule has 11 nitrogen and oxygen atoms in total. The molecule has 2 aliphatic heterocycles. The highest BCUT2D eigenvalue weighted by Crippen LogP contribution is 2.28. The zero-order valence-electron chi connectivity index (χ0n) is 23.1. The van der Waals surface area contributed by atoms with Crippen LogP contribution < -0.4 is 10.1 Å². The van der Waals surface area contributed by atoms with Gasteiger partial charge in [0.15, 0.2) is 6.23 Å². The van der Waals surface area contributed by atoms with Crippen LogP contribution in [0.1, 0.15) is 43.9 Å². The van der Waals surface area contributed by atoms with Crippen molar-refractivity contribution in [3.63, 3.8) is 0 Å². The number of hydrogen-bond acceptors (Lipinski definition) is 8. The summed E-state index contributed by atoms with van der Waals surface area (Å²) in [4.78, 5) is 16.5. The number of nitrogens with one attached hydrogen (secondary N) is 1. The van der Waals surface area contributed by atoms with E-state index in [9.17, 15) is 13.2 Å². The van der Waals surface area contributed by atoms with Crippen molar-refractivity contribution in [1.82, 2.24) is 24.4 Å². The van der Waals surface area contributed by atoms with Crippen LogP contribution in [0.15, 0.2) is 60.9 Å². The number of ether oxygens (including phenoxy) is 3. The number of carbonyl (C=O) groups is 1. The molecule has 2 atom stereocenters. The molecule has 1 aromatic carbocycles. The fraction of sp³-hybridized carbons (Fsp3) is 0.483. The van der Waals surface area contributed by atoms with E-state index in [0.29, 0.717) is 25.4 Å². The van der Waals surface area contributed by atoms with Crippen LogP contribution in [0, 0.1) is 5.92 Å². The number of rotatable bonds is 11. The molecule has 220 valence electrons. The van der Waals surface area contributed by atoms with Crippen LogP contribution in [0.3, 0.4) is 0 Å². The lowest BCUT2D eigenvalue weighted by Crippen LogP contribution is -2.44. The molecule has 3 aromatic rings. The van der Waals surface area contributed by atoms with Gasteiger partial charge in [0.1, 0.15) is 12.4 Å². The summed E-state index contributed by atoms with van der Waals surface area (Å²) < 4.78 is 46.3. The second-order valence-electron chi connectivity index (χ2n) is 10.3. The minimum atomic E-state index is -3.53. The second-order valence-corrected chi connectivity index (χ2v) is 12.4. The lowest BCUT2D eigenvalue weighted by Gasteiger charge is -2.31. The summed E-state index contributed by atoms with van der Waals surface area (Å²) in [5, 5.41) is 6.98. The van der Waals surface area contributed by atoms with Crippen LogP contribution >= 0.6 is 0 Å². The first kappa shape index (κ1) is 29.0. The van der Waals surface area contributed by atoms with E-state index in [1.807, 2.05) is 53.2 Å². The van der Waals surface area contributed by atoms with Gasteiger partial charge < -0.3 is 19.5 Å². The van der Waals surface area contributed by atoms with Gasteiger partial charge in [-0.25, -0.2) is 22.2 Å². The molecule has 1 N–H and O–H groups in total. The molecule has 1 unspecified atom stereocenters. The van der Waals surface area contributed by atoms with Gasteiger partial charge in [0.2, 0.25) is 10.0 Å². The number of pyridine rings is 1. The van der Waals surface area contributed by atoms with Crippen molar-refractivity contribution in [3.05, 3.63) is 66.5 Å². The number of benzene rings is 1. The Morgan fingerprint density at radius 1 is 1.07 bits per heavy atom. The summed E-state index contributed by atoms with van der Waals surface area (Å²) in [5.41, 5.74) is 2.55. The normalized spacial score (nSPS) is 19.9. The van der Waals surface area contributed by atoms with Crippen molar-refractivity contribution in [1.29, 1.82) is 0 Å². The first-order valence-corrected chi connectivity index (χ1v) is 15.8. The van der Waals surface area contributed by atoms with E-state index in [4.69, 9.17) is 14.2 Å². The third-order valence-electron chi connectivity index (χ3n) is 7.30. The number of nitrogens with zero attached hydrogens (tertiary/aromatic N) is 4. The molecule has 0 saturated carbocycles. The lowest BCUT2D eigenvalue weighted by atomic mass is 10.0. The van der Waals surface area contributed by atoms with E-state index in [-0.39, 0.29) is 31.1 Å². The van der Waals surface area contributed by atoms with Gasteiger partial charge in [-0.1, -0.05) is 30.3 Å². The van der Waals surface area contributed by atoms with Crippen molar-refractivity contribution in [2.75, 3.05) is 38.6 Å². The third-order valence-corrected chi connectivity index (χ3v) is 9.14. The summed E-state index contributed by atoms with van der Waals surface area (Å²) in [6.07, 6.45) is 7.50. The van der Waals surface area contributed by atoms with Crippen molar-refractivity contribution >= 4 is 16.1 Å². The Kier molecular flexibility index (Phi) is 9.86. The second kappa shape index (κ2) is 13.9. The largest absolute Gasteiger partial charge is 0.492 e. The zero-order chi connectivity index (χ0) is 28.5. The summed E-state index contributed by atoms with van der Waals surface area (Å²) >= 11 is 0. The molecule has 41 heavy (non-hydrogen) atoms. The van der Waals surface area contributed by atoms with Crippen molar-refractivity contribution in [3.8, 4) is 17.1 Å². The molecule has 0 spiro atoms. The SMILES string of the molecule is O=C(NCCS(=O)(=O)N1CCC[C@@H](COc2ccc(-c3ccnn3C3CCCCO3)nc2)C1)OCc1ccccc1. The van der Waals surface area contributed by atoms with Crippen molar-refractivity contribution in [2.45, 2.75) is 44.9 Å². The Morgan fingerprint density at radius 3 is 2.73 bits per heavy atom. The van der Waals surface area contributed by atoms with Gasteiger partial charge in [0.05, 0.1) is 29.9 Å². The topological polar surface area (TPSA) is 125 Å². The van der Waals surface area contributed by atoms with E-state index < -0.39 is 16.1 Å². The third kappa shape index (κ3) is 8.05. The van der Waals surface area contributed by atoms with Gasteiger partial charge in [0.25, 0.3) is 0 Å². The highest BCUT2D eigenvalue weighted by Gasteiger charge is 2.29. The number of aromatic nitrogens is 3. The molecular weight excluding hydrogens is 546 g/mol. The first-order chi connectivity index (χ1) is 20.0. The van der Waals surface area contributed by atoms with Crippen LogP contribution in [-0.2, 0) is 26.1 Å². The molecule has 4 heterocycles. The van der Waals surface area contributed by atoms with Gasteiger partial charge in [-0.3, -0.25) is 4.98 Å². The number of carbonyl (C=O) groups excluding carboxylic acids is 1. The maximum absolute atomic E-state index is 12.9. The summed E-state index contributed by atoms with van der Waals surface area (Å²) in [6, 6.07) is 15.0. The van der Waals surface area contributed by atoms with E-state index in [1.54, 1.807) is 12.4 Å². The number of amides is 1. The number of alkyl carbamates (subject to hydrolysis) is 1. The van der Waals surface area contributed by atoms with Gasteiger partial charge in [-0.15, -0.1) is 0 Å². The predicted octanol–water partition coefficient (Wildman–Crippen LogP) is 3.99. The number of hydrogen-bond donors (Lipinski definition) is 1. The van der Waals surface area contributed by atoms with Crippen LogP contribution in [0.25, 0.3) is 11.4 Å². The molecule has 5 rings (SSSR count). The molecule has 0 radical (unpaired) electrons. The quantitative estimate of drug-likeness (QED) is 0.359. The zero-order valence-corrected chi connectivity index (χ0v) is 23.9. The minimum Gasteiger partial charge on any atom is -0.492 e. The smallest absolute Gasteiger partial charge is 0.407 e. The fourth-order valence-corrected chi connectivity index (χ4v) is 6.56. The fourth-order valence-electron chi connectivity index (χ4n) is 5.10. The molecule has 0 aliphatic carbocycles. The molecule has 0 bridgehead atoms. The molecule has 2 fully saturated rings. The highest BCUT2D eigenvalue weighted by atomic mass is 32.2. The maximum atomic E-state index is 12.9. The van der Waals surface area contributed by atoms with Gasteiger partial charge in [-0.05, 0) is 55.9 Å². The summed E-state index contributed by atoms with van der Waals surface area (Å²) in [7, 11) is -3.53. The van der Waals surface area contributed by atoms with E-state index in [0.717, 1.165) is 55.7 Å². The lowest BCUT2D eigenvalue weighted by molar-refractivity contribution is -0.0384. The van der Waals surface area contributed by atoms with Gasteiger partial charge >= 0.3 is 6.09 Å². The number of piperidine rings is 1. The van der Waals surface area contributed by atoms with Crippen LogP contribution in [0.4, 0.5) is 4.79 Å². The highest BCUT2D eigenvalue weighted by molar-refractivity contribution is 7.89. The van der Waals surface area contributed by atoms with Crippen LogP contribution in [0.2, 0.25) is 0 Å². The molecule has 2 aliphatic rings. The van der Waals surface area contributed by atoms with Gasteiger partial charge in [0, 0.05) is 38.4 Å². The first-order valence-electron chi connectivity index (χ1n) is 14.1.